The van der Waals surface area contributed by atoms with Crippen molar-refractivity contribution in [3.8, 4) is 0 Å². The van der Waals surface area contributed by atoms with Gasteiger partial charge in [0.05, 0.1) is 5.56 Å². The number of nitrogens with zero attached hydrogens (tertiary/aromatic N) is 1. The number of carbonyl (C=O) groups excluding carboxylic acids is 4. The molecule has 0 bridgehead atoms. The highest BCUT2D eigenvalue weighted by molar-refractivity contribution is 7.71. The second-order valence-corrected chi connectivity index (χ2v) is 8.04. The minimum absolute atomic E-state index is 0.0742. The maximum absolute atomic E-state index is 13.7. The largest absolute Gasteiger partial charge is 0.453 e. The van der Waals surface area contributed by atoms with Gasteiger partial charge in [-0.05, 0) is 35.1 Å². The average molecular weight is 472 g/mol. The first kappa shape index (κ1) is 21.4. The Kier molecular flexibility index (Phi) is 5.34. The molecular weight excluding hydrogens is 456 g/mol. The number of aromatic amines is 2. The molecule has 0 radical (unpaired) electrons. The quantitative estimate of drug-likeness (QED) is 0.128. The number of cyclic esters (lactones) is 1. The Morgan fingerprint density at radius 2 is 1.71 bits per heavy atom. The van der Waals surface area contributed by atoms with Gasteiger partial charge in [0, 0.05) is 11.1 Å². The molecule has 0 saturated carbocycles. The smallest absolute Gasteiger partial charge is 0.339 e. The molecule has 2 heterocycles. The van der Waals surface area contributed by atoms with Gasteiger partial charge in [-0.25, -0.2) is 4.79 Å². The van der Waals surface area contributed by atoms with Gasteiger partial charge in [-0.2, -0.15) is 4.98 Å². The van der Waals surface area contributed by atoms with Crippen molar-refractivity contribution >= 4 is 52.4 Å². The molecule has 0 saturated heterocycles. The molecule has 9 nitrogen and oxygen atoms in total. The molecule has 5 rings (SSSR count). The van der Waals surface area contributed by atoms with Crippen molar-refractivity contribution < 1.29 is 23.9 Å². The Labute approximate surface area is 197 Å². The second-order valence-electron chi connectivity index (χ2n) is 7.65. The van der Waals surface area contributed by atoms with Crippen LogP contribution in [0.3, 0.4) is 0 Å². The average Bonchev–Trinajstić information content (AvgIpc) is 3.41. The molecule has 1 aliphatic rings. The van der Waals surface area contributed by atoms with E-state index in [-0.39, 0.29) is 21.8 Å². The highest BCUT2D eigenvalue weighted by Gasteiger charge is 2.46. The summed E-state index contributed by atoms with van der Waals surface area (Å²) >= 11 is 4.85. The van der Waals surface area contributed by atoms with Crippen molar-refractivity contribution in [3.05, 3.63) is 88.2 Å². The summed E-state index contributed by atoms with van der Waals surface area (Å²) in [5.74, 6) is -5.16. The number of ketones is 2. The number of anilines is 1. The van der Waals surface area contributed by atoms with Crippen LogP contribution in [0.25, 0.3) is 10.8 Å². The van der Waals surface area contributed by atoms with Gasteiger partial charge in [0.25, 0.3) is 5.91 Å². The number of amides is 1. The molecule has 3 N–H and O–H groups in total. The second kappa shape index (κ2) is 8.49. The molecule has 0 aliphatic carbocycles. The minimum Gasteiger partial charge on any atom is -0.453 e. The molecule has 10 heteroatoms. The lowest BCUT2D eigenvalue weighted by atomic mass is 9.84. The van der Waals surface area contributed by atoms with Crippen LogP contribution in [0.4, 0.5) is 5.95 Å². The maximum Gasteiger partial charge on any atom is 0.339 e. The lowest BCUT2D eigenvalue weighted by molar-refractivity contribution is -0.138. The first-order valence-electron chi connectivity index (χ1n) is 10.2. The number of H-pyrrole nitrogens is 2. The van der Waals surface area contributed by atoms with Crippen molar-refractivity contribution in [2.24, 2.45) is 5.92 Å². The van der Waals surface area contributed by atoms with Gasteiger partial charge in [0.1, 0.15) is 12.0 Å². The number of ether oxygens (including phenoxy) is 1. The van der Waals surface area contributed by atoms with Crippen LogP contribution in [0, 0.1) is 10.7 Å². The third-order valence-corrected chi connectivity index (χ3v) is 5.77. The number of hydrogen-bond acceptors (Lipinski definition) is 7. The fourth-order valence-electron chi connectivity index (χ4n) is 3.98. The summed E-state index contributed by atoms with van der Waals surface area (Å²) in [6, 6.07) is 18.9. The predicted octanol–water partition coefficient (Wildman–Crippen LogP) is 3.54. The molecule has 2 atom stereocenters. The van der Waals surface area contributed by atoms with Crippen LogP contribution in [0.5, 0.6) is 0 Å². The predicted molar refractivity (Wildman–Crippen MR) is 124 cm³/mol. The van der Waals surface area contributed by atoms with Crippen molar-refractivity contribution in [1.82, 2.24) is 15.2 Å². The zero-order valence-electron chi connectivity index (χ0n) is 17.4. The fourth-order valence-corrected chi connectivity index (χ4v) is 4.12. The lowest BCUT2D eigenvalue weighted by Gasteiger charge is -2.21. The van der Waals surface area contributed by atoms with Crippen molar-refractivity contribution in [2.45, 2.75) is 6.10 Å². The third-order valence-electron chi connectivity index (χ3n) is 5.58. The molecule has 0 spiro atoms. The Bertz CT molecular complexity index is 1540. The number of nitrogens with one attached hydrogen (secondary N) is 3. The Morgan fingerprint density at radius 1 is 0.971 bits per heavy atom. The number of Topliss-reactive ketones (excluding diaryl/α,β-unsaturated/α-hetero) is 2. The third kappa shape index (κ3) is 3.80. The molecule has 1 aliphatic heterocycles. The topological polar surface area (TPSA) is 134 Å². The normalized spacial score (nSPS) is 15.4. The van der Waals surface area contributed by atoms with E-state index in [1.165, 1.54) is 0 Å². The van der Waals surface area contributed by atoms with Gasteiger partial charge in [0.2, 0.25) is 16.5 Å². The summed E-state index contributed by atoms with van der Waals surface area (Å²) in [5, 5.41) is 9.00. The van der Waals surface area contributed by atoms with Crippen LogP contribution in [0.15, 0.2) is 66.7 Å². The number of rotatable bonds is 6. The standard InChI is InChI=1S/C24H16N4O5S/c29-18(14-10-9-12-5-1-2-6-13(12)11-14)17(19(30)21(31)25-23-26-24(34)28-27-23)20-15-7-3-4-8-16(15)22(32)33-20/h1-11,17,20H,(H3,25,26,27,28,31,34)/t17-,20-/m1/s1. The van der Waals surface area contributed by atoms with Crippen LogP contribution >= 0.6 is 12.2 Å². The Hall–Kier alpha value is -4.44. The molecule has 168 valence electrons. The van der Waals surface area contributed by atoms with Crippen LogP contribution in [-0.4, -0.2) is 38.6 Å². The summed E-state index contributed by atoms with van der Waals surface area (Å²) in [6.45, 7) is 0. The first-order valence-corrected chi connectivity index (χ1v) is 10.7. The van der Waals surface area contributed by atoms with E-state index in [0.29, 0.717) is 5.56 Å². The maximum atomic E-state index is 13.7. The van der Waals surface area contributed by atoms with Gasteiger partial charge in [-0.3, -0.25) is 29.9 Å². The van der Waals surface area contributed by atoms with Gasteiger partial charge in [-0.1, -0.05) is 54.6 Å². The molecule has 1 amide bonds. The number of hydrogen-bond donors (Lipinski definition) is 3. The van der Waals surface area contributed by atoms with E-state index in [4.69, 9.17) is 17.0 Å². The van der Waals surface area contributed by atoms with Crippen LogP contribution in [0.1, 0.15) is 32.4 Å². The molecule has 1 aromatic heterocycles. The summed E-state index contributed by atoms with van der Waals surface area (Å²) in [7, 11) is 0. The zero-order valence-corrected chi connectivity index (χ0v) is 18.2. The molecule has 0 fully saturated rings. The van der Waals surface area contributed by atoms with E-state index in [1.54, 1.807) is 42.5 Å². The number of carbonyl (C=O) groups is 4. The summed E-state index contributed by atoms with van der Waals surface area (Å²) in [6.07, 6.45) is -1.25. The van der Waals surface area contributed by atoms with Crippen molar-refractivity contribution in [3.63, 3.8) is 0 Å². The molecular formula is C24H16N4O5S. The zero-order chi connectivity index (χ0) is 23.8. The van der Waals surface area contributed by atoms with Gasteiger partial charge >= 0.3 is 5.97 Å². The van der Waals surface area contributed by atoms with Gasteiger partial charge < -0.3 is 4.74 Å². The highest BCUT2D eigenvalue weighted by atomic mass is 32.1. The van der Waals surface area contributed by atoms with Crippen LogP contribution in [-0.2, 0) is 14.3 Å². The van der Waals surface area contributed by atoms with E-state index in [2.05, 4.69) is 20.5 Å². The number of fused-ring (bicyclic) bond motifs is 2. The minimum atomic E-state index is -1.60. The lowest BCUT2D eigenvalue weighted by Crippen LogP contribution is -2.38. The molecule has 4 aromatic rings. The van der Waals surface area contributed by atoms with E-state index >= 15 is 0 Å². The first-order chi connectivity index (χ1) is 16.4. The highest BCUT2D eigenvalue weighted by Crippen LogP contribution is 2.38. The Balaban J connectivity index is 1.55. The van der Waals surface area contributed by atoms with E-state index in [0.717, 1.165) is 10.8 Å². The van der Waals surface area contributed by atoms with E-state index in [1.807, 2.05) is 24.3 Å². The Morgan fingerprint density at radius 3 is 2.47 bits per heavy atom. The molecule has 0 unspecified atom stereocenters. The fraction of sp³-hybridized carbons (Fsp3) is 0.0833. The molecule has 3 aromatic carbocycles. The summed E-state index contributed by atoms with van der Waals surface area (Å²) in [4.78, 5) is 56.0. The number of esters is 1. The number of aromatic nitrogens is 3. The van der Waals surface area contributed by atoms with E-state index in [9.17, 15) is 19.2 Å². The van der Waals surface area contributed by atoms with Crippen LogP contribution < -0.4 is 5.32 Å². The van der Waals surface area contributed by atoms with Crippen LogP contribution in [0.2, 0.25) is 0 Å². The van der Waals surface area contributed by atoms with Gasteiger partial charge in [-0.15, -0.1) is 0 Å². The summed E-state index contributed by atoms with van der Waals surface area (Å²) < 4.78 is 5.52. The van der Waals surface area contributed by atoms with Crippen molar-refractivity contribution in [2.75, 3.05) is 5.32 Å². The SMILES string of the molecule is O=C(Nc1nc(=S)[nH][nH]1)C(=O)[C@@H](C(=O)c1ccc2ccccc2c1)[C@@H]1OC(=O)c2ccccc21. The van der Waals surface area contributed by atoms with Gasteiger partial charge in [0.15, 0.2) is 5.78 Å². The number of benzene rings is 3. The summed E-state index contributed by atoms with van der Waals surface area (Å²) in [5.41, 5.74) is 0.824. The van der Waals surface area contributed by atoms with E-state index < -0.39 is 35.5 Å². The monoisotopic (exact) mass is 472 g/mol. The van der Waals surface area contributed by atoms with Crippen molar-refractivity contribution in [1.29, 1.82) is 0 Å². The molecule has 34 heavy (non-hydrogen) atoms.